The highest BCUT2D eigenvalue weighted by atomic mass is 79.9. The van der Waals surface area contributed by atoms with Crippen molar-refractivity contribution in [3.8, 4) is 0 Å². The molecule has 0 aromatic heterocycles. The van der Waals surface area contributed by atoms with Gasteiger partial charge in [-0.2, -0.15) is 0 Å². The minimum atomic E-state index is -0.446. The average molecular weight is 825 g/mol. The highest BCUT2D eigenvalue weighted by Crippen LogP contribution is 2.32. The standard InChI is InChI=1S/C19H29N3O2.C15H23N3O2.C4H8Br2/c1-19(2,3)24-18(23)22-14-12-21(13-15-22)17-9-5-4-8-16(17)20-10-6-7-11-20;1-15(2,3)20-14(19)18-10-8-17(9-11-18)13-7-5-4-6-12(13)16;5-3-1-2-4-6/h4-5,8-9H,6-7,10-15H2,1-3H3;4-7H,8-11,16H2,1-3H3;1-4H2. The average Bonchev–Trinajstić information content (AvgIpc) is 3.62. The normalized spacial score (nSPS) is 16.6. The number of hydrogen-bond acceptors (Lipinski definition) is 8. The number of unbranched alkanes of at least 4 members (excludes halogenated alkanes) is 1. The summed E-state index contributed by atoms with van der Waals surface area (Å²) in [5.74, 6) is 0. The number of carbonyl (C=O) groups excluding carboxylic acids is 2. The second-order valence-electron chi connectivity index (χ2n) is 14.7. The summed E-state index contributed by atoms with van der Waals surface area (Å²) in [5, 5.41) is 2.28. The van der Waals surface area contributed by atoms with Gasteiger partial charge in [-0.25, -0.2) is 9.59 Å². The number of ether oxygens (including phenoxy) is 2. The Balaban J connectivity index is 0.000000236. The third-order valence-electron chi connectivity index (χ3n) is 8.33. The summed E-state index contributed by atoms with van der Waals surface area (Å²) in [6.45, 7) is 19.6. The molecule has 3 fully saturated rings. The first-order chi connectivity index (χ1) is 23.7. The van der Waals surface area contributed by atoms with Crippen LogP contribution in [0.15, 0.2) is 48.5 Å². The van der Waals surface area contributed by atoms with Crippen LogP contribution in [-0.2, 0) is 9.47 Å². The maximum absolute atomic E-state index is 12.2. The second-order valence-corrected chi connectivity index (χ2v) is 16.3. The fourth-order valence-corrected chi connectivity index (χ4v) is 6.63. The van der Waals surface area contributed by atoms with Crippen LogP contribution in [0.1, 0.15) is 67.2 Å². The number of nitrogens with zero attached hydrogens (tertiary/aromatic N) is 5. The third-order valence-corrected chi connectivity index (χ3v) is 9.45. The van der Waals surface area contributed by atoms with Gasteiger partial charge in [0.1, 0.15) is 11.2 Å². The number of nitrogen functional groups attached to an aromatic ring is 1. The smallest absolute Gasteiger partial charge is 0.410 e. The van der Waals surface area contributed by atoms with E-state index in [0.717, 1.165) is 61.3 Å². The molecule has 0 aliphatic carbocycles. The number of nitrogens with two attached hydrogens (primary N) is 1. The topological polar surface area (TPSA) is 94.8 Å². The van der Waals surface area contributed by atoms with Gasteiger partial charge in [-0.1, -0.05) is 56.1 Å². The van der Waals surface area contributed by atoms with Crippen molar-refractivity contribution in [1.82, 2.24) is 9.80 Å². The Labute approximate surface area is 317 Å². The summed E-state index contributed by atoms with van der Waals surface area (Å²) < 4.78 is 10.9. The van der Waals surface area contributed by atoms with Crippen molar-refractivity contribution < 1.29 is 19.1 Å². The number of para-hydroxylation sites is 4. The Hall–Kier alpha value is -2.86. The van der Waals surface area contributed by atoms with Gasteiger partial charge in [-0.15, -0.1) is 0 Å². The van der Waals surface area contributed by atoms with Crippen LogP contribution < -0.4 is 20.4 Å². The van der Waals surface area contributed by atoms with E-state index in [9.17, 15) is 9.59 Å². The van der Waals surface area contributed by atoms with Crippen LogP contribution in [0.5, 0.6) is 0 Å². The van der Waals surface area contributed by atoms with Crippen molar-refractivity contribution >= 4 is 66.8 Å². The molecule has 3 aliphatic heterocycles. The van der Waals surface area contributed by atoms with Gasteiger partial charge in [0.15, 0.2) is 0 Å². The molecule has 280 valence electrons. The van der Waals surface area contributed by atoms with E-state index < -0.39 is 11.2 Å². The minimum absolute atomic E-state index is 0.199. The van der Waals surface area contributed by atoms with E-state index in [1.54, 1.807) is 4.90 Å². The number of hydrogen-bond donors (Lipinski definition) is 1. The van der Waals surface area contributed by atoms with Gasteiger partial charge in [-0.3, -0.25) is 0 Å². The monoisotopic (exact) mass is 822 g/mol. The molecule has 2 aromatic carbocycles. The van der Waals surface area contributed by atoms with Gasteiger partial charge in [0.25, 0.3) is 0 Å². The molecule has 0 unspecified atom stereocenters. The fourth-order valence-electron chi connectivity index (χ4n) is 5.83. The van der Waals surface area contributed by atoms with Crippen LogP contribution >= 0.6 is 31.9 Å². The maximum Gasteiger partial charge on any atom is 0.410 e. The van der Waals surface area contributed by atoms with Gasteiger partial charge >= 0.3 is 12.2 Å². The first-order valence-electron chi connectivity index (χ1n) is 18.0. The van der Waals surface area contributed by atoms with Gasteiger partial charge in [0, 0.05) is 76.1 Å². The van der Waals surface area contributed by atoms with Crippen LogP contribution in [0, 0.1) is 0 Å². The molecule has 3 heterocycles. The largest absolute Gasteiger partial charge is 0.444 e. The lowest BCUT2D eigenvalue weighted by Crippen LogP contribution is -2.50. The number of amides is 2. The Bertz CT molecular complexity index is 1310. The molecule has 2 aromatic rings. The lowest BCUT2D eigenvalue weighted by atomic mass is 10.2. The molecule has 0 atom stereocenters. The van der Waals surface area contributed by atoms with Crippen molar-refractivity contribution in [1.29, 1.82) is 0 Å². The molecule has 12 heteroatoms. The van der Waals surface area contributed by atoms with Gasteiger partial charge in [-0.05, 0) is 91.5 Å². The van der Waals surface area contributed by atoms with E-state index in [2.05, 4.69) is 70.8 Å². The number of alkyl halides is 2. The predicted molar refractivity (Wildman–Crippen MR) is 216 cm³/mol. The minimum Gasteiger partial charge on any atom is -0.444 e. The second kappa shape index (κ2) is 20.2. The first kappa shape index (κ1) is 41.6. The molecule has 3 saturated heterocycles. The number of piperazine rings is 2. The molecule has 3 aliphatic rings. The molecule has 50 heavy (non-hydrogen) atoms. The molecule has 10 nitrogen and oxygen atoms in total. The summed E-state index contributed by atoms with van der Waals surface area (Å²) in [6.07, 6.45) is 4.69. The van der Waals surface area contributed by atoms with Crippen LogP contribution in [0.4, 0.5) is 32.3 Å². The Morgan fingerprint density at radius 1 is 0.580 bits per heavy atom. The van der Waals surface area contributed by atoms with Gasteiger partial charge < -0.3 is 39.7 Å². The van der Waals surface area contributed by atoms with E-state index in [4.69, 9.17) is 15.2 Å². The van der Waals surface area contributed by atoms with Gasteiger partial charge in [0.05, 0.1) is 22.7 Å². The Morgan fingerprint density at radius 2 is 0.920 bits per heavy atom. The van der Waals surface area contributed by atoms with Crippen LogP contribution in [0.2, 0.25) is 0 Å². The summed E-state index contributed by atoms with van der Waals surface area (Å²) >= 11 is 6.66. The summed E-state index contributed by atoms with van der Waals surface area (Å²) in [7, 11) is 0. The number of rotatable bonds is 6. The zero-order chi connectivity index (χ0) is 36.7. The lowest BCUT2D eigenvalue weighted by molar-refractivity contribution is 0.0230. The number of halogens is 2. The Morgan fingerprint density at radius 3 is 1.28 bits per heavy atom. The zero-order valence-electron chi connectivity index (χ0n) is 31.1. The number of benzene rings is 2. The van der Waals surface area contributed by atoms with E-state index in [1.807, 2.05) is 70.7 Å². The van der Waals surface area contributed by atoms with Crippen molar-refractivity contribution in [3.05, 3.63) is 48.5 Å². The number of carbonyl (C=O) groups is 2. The molecule has 0 spiro atoms. The molecule has 5 rings (SSSR count). The number of anilines is 4. The van der Waals surface area contributed by atoms with Crippen molar-refractivity contribution in [2.75, 3.05) is 96.5 Å². The SMILES string of the molecule is BrCCCCBr.CC(C)(C)OC(=O)N1CCN(c2ccccc2N)CC1.CC(C)(C)OC(=O)N1CCN(c2ccccc2N2CCCC2)CC1. The van der Waals surface area contributed by atoms with Crippen molar-refractivity contribution in [3.63, 3.8) is 0 Å². The molecule has 2 N–H and O–H groups in total. The molecule has 0 radical (unpaired) electrons. The summed E-state index contributed by atoms with van der Waals surface area (Å²) in [5.41, 5.74) is 9.54. The van der Waals surface area contributed by atoms with Crippen LogP contribution in [0.3, 0.4) is 0 Å². The van der Waals surface area contributed by atoms with Crippen molar-refractivity contribution in [2.45, 2.75) is 78.4 Å². The zero-order valence-corrected chi connectivity index (χ0v) is 34.3. The molecule has 2 amide bonds. The van der Waals surface area contributed by atoms with E-state index in [-0.39, 0.29) is 12.2 Å². The molecular weight excluding hydrogens is 764 g/mol. The summed E-state index contributed by atoms with van der Waals surface area (Å²) in [4.78, 5) is 34.8. The first-order valence-corrected chi connectivity index (χ1v) is 20.2. The maximum atomic E-state index is 12.2. The predicted octanol–water partition coefficient (Wildman–Crippen LogP) is 8.23. The van der Waals surface area contributed by atoms with E-state index >= 15 is 0 Å². The van der Waals surface area contributed by atoms with Gasteiger partial charge in [0.2, 0.25) is 0 Å². The quantitative estimate of drug-likeness (QED) is 0.177. The molecular formula is C38H60Br2N6O4. The third kappa shape index (κ3) is 14.0. The Kier molecular flexibility index (Phi) is 16.8. The highest BCUT2D eigenvalue weighted by molar-refractivity contribution is 9.09. The molecule has 0 bridgehead atoms. The van der Waals surface area contributed by atoms with Crippen molar-refractivity contribution in [2.24, 2.45) is 0 Å². The van der Waals surface area contributed by atoms with E-state index in [0.29, 0.717) is 26.2 Å². The van der Waals surface area contributed by atoms with Crippen LogP contribution in [0.25, 0.3) is 0 Å². The summed E-state index contributed by atoms with van der Waals surface area (Å²) in [6, 6.07) is 16.5. The van der Waals surface area contributed by atoms with Crippen LogP contribution in [-0.4, -0.2) is 109 Å². The lowest BCUT2D eigenvalue weighted by Gasteiger charge is -2.38. The molecule has 0 saturated carbocycles. The van der Waals surface area contributed by atoms with E-state index in [1.165, 1.54) is 37.1 Å². The fraction of sp³-hybridized carbons (Fsp3) is 0.632. The highest BCUT2D eigenvalue weighted by Gasteiger charge is 2.28.